The molecule has 0 aromatic heterocycles. The van der Waals surface area contributed by atoms with Crippen molar-refractivity contribution in [3.8, 4) is 0 Å². The molecule has 0 aromatic rings. The second kappa shape index (κ2) is 9.30. The Kier molecular flexibility index (Phi) is 8.96. The minimum absolute atomic E-state index is 0.0856. The van der Waals surface area contributed by atoms with Crippen LogP contribution in [0, 0.1) is 0 Å². The molecule has 5 heteroatoms. The average Bonchev–Trinajstić information content (AvgIpc) is 2.37. The lowest BCUT2D eigenvalue weighted by Crippen LogP contribution is -2.39. The van der Waals surface area contributed by atoms with Gasteiger partial charge in [-0.05, 0) is 31.9 Å². The molecule has 0 amide bonds. The van der Waals surface area contributed by atoms with Crippen LogP contribution < -0.4 is 0 Å². The summed E-state index contributed by atoms with van der Waals surface area (Å²) in [6.07, 6.45) is 3.94. The van der Waals surface area contributed by atoms with Gasteiger partial charge in [-0.3, -0.25) is 0 Å². The highest BCUT2D eigenvalue weighted by molar-refractivity contribution is 6.67. The second-order valence-corrected chi connectivity index (χ2v) is 8.05. The van der Waals surface area contributed by atoms with Crippen molar-refractivity contribution in [1.29, 1.82) is 0 Å². The van der Waals surface area contributed by atoms with Gasteiger partial charge in [-0.25, -0.2) is 4.79 Å². The van der Waals surface area contributed by atoms with E-state index in [1.807, 2.05) is 6.92 Å². The fourth-order valence-corrected chi connectivity index (χ4v) is 4.70. The van der Waals surface area contributed by atoms with Crippen LogP contribution in [0.2, 0.25) is 12.1 Å². The van der Waals surface area contributed by atoms with Gasteiger partial charge in [0.15, 0.2) is 0 Å². The first-order valence-corrected chi connectivity index (χ1v) is 8.70. The van der Waals surface area contributed by atoms with E-state index in [-0.39, 0.29) is 12.1 Å². The third-order valence-corrected chi connectivity index (χ3v) is 6.89. The maximum absolute atomic E-state index is 11.0. The van der Waals surface area contributed by atoms with Crippen molar-refractivity contribution in [2.45, 2.75) is 51.3 Å². The highest BCUT2D eigenvalue weighted by Crippen LogP contribution is 2.23. The van der Waals surface area contributed by atoms with Crippen molar-refractivity contribution >= 4 is 14.5 Å². The maximum Gasteiger partial charge on any atom is 0.337 e. The molecule has 0 saturated carbocycles. The van der Waals surface area contributed by atoms with Crippen molar-refractivity contribution < 1.29 is 18.4 Å². The Morgan fingerprint density at radius 1 is 1.33 bits per heavy atom. The minimum atomic E-state index is -2.02. The van der Waals surface area contributed by atoms with Gasteiger partial charge in [0.1, 0.15) is 0 Å². The van der Waals surface area contributed by atoms with Gasteiger partial charge in [-0.2, -0.15) is 0 Å². The zero-order valence-corrected chi connectivity index (χ0v) is 13.0. The van der Waals surface area contributed by atoms with Gasteiger partial charge in [0.25, 0.3) is 0 Å². The van der Waals surface area contributed by atoms with E-state index in [9.17, 15) is 4.79 Å². The van der Waals surface area contributed by atoms with Crippen LogP contribution in [0.25, 0.3) is 0 Å². The summed E-state index contributed by atoms with van der Waals surface area (Å²) in [4.78, 5) is 11.0. The molecule has 0 aliphatic carbocycles. The molecule has 0 saturated heterocycles. The van der Waals surface area contributed by atoms with Gasteiger partial charge in [0.05, 0.1) is 6.10 Å². The minimum Gasteiger partial charge on any atom is -0.460 e. The fourth-order valence-electron chi connectivity index (χ4n) is 1.96. The highest BCUT2D eigenvalue weighted by atomic mass is 28.4. The monoisotopic (exact) mass is 274 g/mol. The quantitative estimate of drug-likeness (QED) is 0.349. The first-order valence-electron chi connectivity index (χ1n) is 6.47. The van der Waals surface area contributed by atoms with E-state index in [1.165, 1.54) is 6.08 Å². The summed E-state index contributed by atoms with van der Waals surface area (Å²) in [7, 11) is 1.44. The lowest BCUT2D eigenvalue weighted by atomic mass is 10.2. The molecule has 18 heavy (non-hydrogen) atoms. The number of ether oxygens (including phenoxy) is 1. The third kappa shape index (κ3) is 6.33. The van der Waals surface area contributed by atoms with Gasteiger partial charge < -0.3 is 13.6 Å². The largest absolute Gasteiger partial charge is 0.460 e. The summed E-state index contributed by atoms with van der Waals surface area (Å²) in [5.41, 5.74) is 0. The van der Waals surface area contributed by atoms with E-state index in [0.29, 0.717) is 0 Å². The predicted octanol–water partition coefficient (Wildman–Crippen LogP) is 3.03. The van der Waals surface area contributed by atoms with Crippen LogP contribution >= 0.6 is 0 Å². The Labute approximate surface area is 112 Å². The third-order valence-electron chi connectivity index (χ3n) is 3.03. The lowest BCUT2D eigenvalue weighted by Gasteiger charge is -2.27. The number of rotatable bonds is 10. The molecular weight excluding hydrogens is 248 g/mol. The Hall–Kier alpha value is -0.653. The number of carbonyl (C=O) groups excluding carboxylic acids is 1. The molecule has 0 aliphatic heterocycles. The van der Waals surface area contributed by atoms with E-state index in [2.05, 4.69) is 13.5 Å². The molecule has 0 aromatic carbocycles. The Morgan fingerprint density at radius 2 is 1.94 bits per heavy atom. The molecule has 0 fully saturated rings. The van der Waals surface area contributed by atoms with Crippen LogP contribution in [-0.4, -0.2) is 34.9 Å². The Bertz CT molecular complexity index is 251. The number of esters is 1. The highest BCUT2D eigenvalue weighted by Gasteiger charge is 2.33. The molecule has 106 valence electrons. The maximum atomic E-state index is 11.0. The molecule has 0 radical (unpaired) electrons. The van der Waals surface area contributed by atoms with Crippen LogP contribution in [0.15, 0.2) is 12.7 Å². The average molecular weight is 274 g/mol. The van der Waals surface area contributed by atoms with Crippen molar-refractivity contribution in [2.24, 2.45) is 0 Å². The van der Waals surface area contributed by atoms with Crippen molar-refractivity contribution in [3.05, 3.63) is 12.7 Å². The summed E-state index contributed by atoms with van der Waals surface area (Å²) >= 11 is 0. The van der Waals surface area contributed by atoms with E-state index in [4.69, 9.17) is 13.6 Å². The molecule has 0 bridgehead atoms. The molecule has 0 N–H and O–H groups in total. The molecule has 0 aliphatic rings. The summed E-state index contributed by atoms with van der Waals surface area (Å²) in [6.45, 7) is 7.40. The Morgan fingerprint density at radius 3 is 2.39 bits per heavy atom. The Balaban J connectivity index is 4.05. The van der Waals surface area contributed by atoms with Crippen LogP contribution in [0.3, 0.4) is 0 Å². The first-order chi connectivity index (χ1) is 8.53. The van der Waals surface area contributed by atoms with Gasteiger partial charge in [-0.15, -0.1) is 0 Å². The smallest absolute Gasteiger partial charge is 0.337 e. The summed E-state index contributed by atoms with van der Waals surface area (Å²) in [5, 5.41) is 0. The lowest BCUT2D eigenvalue weighted by molar-refractivity contribution is -0.142. The zero-order chi connectivity index (χ0) is 14.0. The van der Waals surface area contributed by atoms with Crippen LogP contribution in [0.1, 0.15) is 33.1 Å². The fraction of sp³-hybridized carbons (Fsp3) is 0.769. The SMILES string of the molecule is C=CC(=O)OC(C)CCC[Si](CCC)(OC)OC. The predicted molar refractivity (Wildman–Crippen MR) is 74.7 cm³/mol. The van der Waals surface area contributed by atoms with E-state index < -0.39 is 8.56 Å². The van der Waals surface area contributed by atoms with Gasteiger partial charge in [-0.1, -0.05) is 19.9 Å². The number of carbonyl (C=O) groups is 1. The summed E-state index contributed by atoms with van der Waals surface area (Å²) in [5.74, 6) is -0.363. The second-order valence-electron chi connectivity index (χ2n) is 4.41. The molecule has 4 nitrogen and oxygen atoms in total. The van der Waals surface area contributed by atoms with Gasteiger partial charge >= 0.3 is 14.5 Å². The zero-order valence-electron chi connectivity index (χ0n) is 12.0. The molecule has 0 heterocycles. The summed E-state index contributed by atoms with van der Waals surface area (Å²) < 4.78 is 16.3. The van der Waals surface area contributed by atoms with E-state index >= 15 is 0 Å². The topological polar surface area (TPSA) is 44.8 Å². The molecular formula is C13H26O4Si. The number of hydrogen-bond acceptors (Lipinski definition) is 4. The van der Waals surface area contributed by atoms with Crippen LogP contribution in [0.5, 0.6) is 0 Å². The molecule has 0 spiro atoms. The van der Waals surface area contributed by atoms with E-state index in [1.54, 1.807) is 14.2 Å². The molecule has 1 atom stereocenters. The normalized spacial score (nSPS) is 13.1. The van der Waals surface area contributed by atoms with Crippen LogP contribution in [0.4, 0.5) is 0 Å². The standard InChI is InChI=1S/C13H26O4Si/c1-6-10-18(15-4,16-5)11-8-9-12(3)17-13(14)7-2/h7,12H,2,6,8-11H2,1,3-5H3. The molecule has 1 unspecified atom stereocenters. The summed E-state index contributed by atoms with van der Waals surface area (Å²) in [6, 6.07) is 1.94. The van der Waals surface area contributed by atoms with Crippen molar-refractivity contribution in [3.63, 3.8) is 0 Å². The number of hydrogen-bond donors (Lipinski definition) is 0. The van der Waals surface area contributed by atoms with Crippen molar-refractivity contribution in [2.75, 3.05) is 14.2 Å². The van der Waals surface area contributed by atoms with Crippen LogP contribution in [-0.2, 0) is 18.4 Å². The van der Waals surface area contributed by atoms with Gasteiger partial charge in [0.2, 0.25) is 0 Å². The van der Waals surface area contributed by atoms with E-state index in [0.717, 1.165) is 31.4 Å². The van der Waals surface area contributed by atoms with Gasteiger partial charge in [0, 0.05) is 20.3 Å². The van der Waals surface area contributed by atoms with Crippen molar-refractivity contribution in [1.82, 2.24) is 0 Å². The molecule has 0 rings (SSSR count). The first kappa shape index (κ1) is 17.3.